The highest BCUT2D eigenvalue weighted by molar-refractivity contribution is 5.82. The third-order valence-corrected chi connectivity index (χ3v) is 2.16. The number of hydrogen-bond acceptors (Lipinski definition) is 3. The number of ether oxygens (including phenoxy) is 1. The third kappa shape index (κ3) is 7.35. The van der Waals surface area contributed by atoms with Crippen LogP contribution in [0.1, 0.15) is 19.8 Å². The molecule has 0 saturated carbocycles. The normalized spacial score (nSPS) is 13.5. The topological polar surface area (TPSA) is 87.7 Å². The first-order chi connectivity index (χ1) is 8.01. The van der Waals surface area contributed by atoms with Crippen molar-refractivity contribution < 1.29 is 19.4 Å². The van der Waals surface area contributed by atoms with Crippen LogP contribution in [-0.2, 0) is 9.53 Å². The number of rotatable bonds is 8. The van der Waals surface area contributed by atoms with E-state index in [1.165, 1.54) is 0 Å². The average Bonchev–Trinajstić information content (AvgIpc) is 2.27. The summed E-state index contributed by atoms with van der Waals surface area (Å²) in [6.07, 6.45) is 2.46. The van der Waals surface area contributed by atoms with E-state index in [1.54, 1.807) is 20.1 Å². The van der Waals surface area contributed by atoms with Gasteiger partial charge in [-0.15, -0.1) is 6.58 Å². The second kappa shape index (κ2) is 8.58. The molecule has 0 radical (unpaired) electrons. The zero-order valence-corrected chi connectivity index (χ0v) is 10.2. The highest BCUT2D eigenvalue weighted by atomic mass is 16.5. The van der Waals surface area contributed by atoms with Gasteiger partial charge in [0.15, 0.2) is 0 Å². The fourth-order valence-electron chi connectivity index (χ4n) is 1.15. The van der Waals surface area contributed by atoms with Crippen LogP contribution in [0.15, 0.2) is 12.7 Å². The molecule has 3 N–H and O–H groups in total. The van der Waals surface area contributed by atoms with Gasteiger partial charge in [-0.25, -0.2) is 9.59 Å². The van der Waals surface area contributed by atoms with Crippen molar-refractivity contribution in [1.29, 1.82) is 0 Å². The molecule has 0 bridgehead atoms. The molecule has 0 aliphatic rings. The highest BCUT2D eigenvalue weighted by Crippen LogP contribution is 1.98. The summed E-state index contributed by atoms with van der Waals surface area (Å²) in [4.78, 5) is 22.3. The highest BCUT2D eigenvalue weighted by Gasteiger charge is 2.19. The molecule has 0 aliphatic heterocycles. The summed E-state index contributed by atoms with van der Waals surface area (Å²) < 4.78 is 4.82. The predicted octanol–water partition coefficient (Wildman–Crippen LogP) is 0.740. The summed E-state index contributed by atoms with van der Waals surface area (Å²) in [5, 5.41) is 13.8. The molecule has 0 spiro atoms. The van der Waals surface area contributed by atoms with Crippen LogP contribution in [0.2, 0.25) is 0 Å². The molecule has 0 rings (SSSR count). The van der Waals surface area contributed by atoms with E-state index >= 15 is 0 Å². The van der Waals surface area contributed by atoms with Crippen LogP contribution >= 0.6 is 0 Å². The second-order valence-corrected chi connectivity index (χ2v) is 3.67. The van der Waals surface area contributed by atoms with E-state index < -0.39 is 18.0 Å². The smallest absolute Gasteiger partial charge is 0.326 e. The Labute approximate surface area is 101 Å². The second-order valence-electron chi connectivity index (χ2n) is 3.67. The fourth-order valence-corrected chi connectivity index (χ4v) is 1.15. The van der Waals surface area contributed by atoms with Crippen LogP contribution in [0.5, 0.6) is 0 Å². The quantitative estimate of drug-likeness (QED) is 0.434. The Morgan fingerprint density at radius 1 is 1.47 bits per heavy atom. The molecule has 6 heteroatoms. The Balaban J connectivity index is 4.10. The van der Waals surface area contributed by atoms with Gasteiger partial charge in [0.2, 0.25) is 0 Å². The number of hydrogen-bond donors (Lipinski definition) is 3. The largest absolute Gasteiger partial charge is 0.480 e. The molecular formula is C11H20N2O4. The number of aliphatic carboxylic acids is 1. The van der Waals surface area contributed by atoms with E-state index in [1.807, 2.05) is 0 Å². The Kier molecular flexibility index (Phi) is 7.79. The number of methoxy groups -OCH3 is 1. The maximum atomic E-state index is 11.4. The lowest BCUT2D eigenvalue weighted by atomic mass is 10.1. The zero-order chi connectivity index (χ0) is 13.3. The van der Waals surface area contributed by atoms with Crippen molar-refractivity contribution in [3.8, 4) is 0 Å². The molecule has 98 valence electrons. The molecule has 17 heavy (non-hydrogen) atoms. The van der Waals surface area contributed by atoms with Crippen molar-refractivity contribution in [2.45, 2.75) is 31.8 Å². The molecule has 6 nitrogen and oxygen atoms in total. The first-order valence-corrected chi connectivity index (χ1v) is 5.42. The van der Waals surface area contributed by atoms with Gasteiger partial charge in [0.25, 0.3) is 0 Å². The minimum Gasteiger partial charge on any atom is -0.480 e. The van der Waals surface area contributed by atoms with Gasteiger partial charge in [-0.3, -0.25) is 0 Å². The van der Waals surface area contributed by atoms with E-state index in [2.05, 4.69) is 17.2 Å². The number of carboxylic acid groups (broad SMARTS) is 1. The lowest BCUT2D eigenvalue weighted by molar-refractivity contribution is -0.139. The van der Waals surface area contributed by atoms with Gasteiger partial charge >= 0.3 is 12.0 Å². The molecule has 2 atom stereocenters. The summed E-state index contributed by atoms with van der Waals surface area (Å²) >= 11 is 0. The maximum Gasteiger partial charge on any atom is 0.326 e. The molecule has 0 fully saturated rings. The van der Waals surface area contributed by atoms with Gasteiger partial charge < -0.3 is 20.5 Å². The maximum absolute atomic E-state index is 11.4. The van der Waals surface area contributed by atoms with Crippen molar-refractivity contribution in [3.63, 3.8) is 0 Å². The van der Waals surface area contributed by atoms with Crippen LogP contribution in [0, 0.1) is 0 Å². The third-order valence-electron chi connectivity index (χ3n) is 2.16. The van der Waals surface area contributed by atoms with E-state index in [9.17, 15) is 9.59 Å². The van der Waals surface area contributed by atoms with E-state index in [-0.39, 0.29) is 6.04 Å². The van der Waals surface area contributed by atoms with Crippen molar-refractivity contribution in [2.75, 3.05) is 13.7 Å². The number of carboxylic acids is 1. The number of nitrogens with one attached hydrogen (secondary N) is 2. The van der Waals surface area contributed by atoms with Crippen LogP contribution in [0.3, 0.4) is 0 Å². The van der Waals surface area contributed by atoms with E-state index in [0.717, 1.165) is 0 Å². The number of urea groups is 1. The molecule has 2 unspecified atom stereocenters. The number of amides is 2. The zero-order valence-electron chi connectivity index (χ0n) is 10.2. The molecule has 2 amide bonds. The molecule has 0 aromatic rings. The fraction of sp³-hybridized carbons (Fsp3) is 0.636. The lowest BCUT2D eigenvalue weighted by Crippen LogP contribution is -2.48. The summed E-state index contributed by atoms with van der Waals surface area (Å²) in [5.41, 5.74) is 0. The molecule has 0 aromatic carbocycles. The van der Waals surface area contributed by atoms with Crippen LogP contribution in [-0.4, -0.2) is 42.9 Å². The van der Waals surface area contributed by atoms with Crippen LogP contribution in [0.4, 0.5) is 4.79 Å². The molecule has 0 saturated heterocycles. The molecule has 0 aliphatic carbocycles. The lowest BCUT2D eigenvalue weighted by Gasteiger charge is -2.16. The van der Waals surface area contributed by atoms with E-state index in [0.29, 0.717) is 19.4 Å². The number of carbonyl (C=O) groups excluding carboxylic acids is 1. The van der Waals surface area contributed by atoms with Crippen LogP contribution in [0.25, 0.3) is 0 Å². The first kappa shape index (κ1) is 15.4. The molecule has 0 heterocycles. The van der Waals surface area contributed by atoms with Gasteiger partial charge in [-0.2, -0.15) is 0 Å². The first-order valence-electron chi connectivity index (χ1n) is 5.42. The summed E-state index contributed by atoms with van der Waals surface area (Å²) in [5.74, 6) is -1.05. The van der Waals surface area contributed by atoms with Gasteiger partial charge in [-0.1, -0.05) is 6.08 Å². The average molecular weight is 244 g/mol. The van der Waals surface area contributed by atoms with Gasteiger partial charge in [0.05, 0.1) is 0 Å². The minimum atomic E-state index is -1.05. The Hall–Kier alpha value is -1.56. The monoisotopic (exact) mass is 244 g/mol. The van der Waals surface area contributed by atoms with Crippen molar-refractivity contribution >= 4 is 12.0 Å². The van der Waals surface area contributed by atoms with Crippen molar-refractivity contribution in [1.82, 2.24) is 10.6 Å². The minimum absolute atomic E-state index is 0.205. The Morgan fingerprint density at radius 2 is 2.12 bits per heavy atom. The van der Waals surface area contributed by atoms with E-state index in [4.69, 9.17) is 9.84 Å². The Morgan fingerprint density at radius 3 is 2.59 bits per heavy atom. The van der Waals surface area contributed by atoms with Crippen LogP contribution < -0.4 is 10.6 Å². The van der Waals surface area contributed by atoms with Crippen molar-refractivity contribution in [2.24, 2.45) is 0 Å². The van der Waals surface area contributed by atoms with Gasteiger partial charge in [0, 0.05) is 19.8 Å². The Bertz CT molecular complexity index is 268. The summed E-state index contributed by atoms with van der Waals surface area (Å²) in [7, 11) is 1.54. The van der Waals surface area contributed by atoms with Gasteiger partial charge in [-0.05, 0) is 19.8 Å². The SMILES string of the molecule is C=CC(C)NC(=O)NC(CCCOC)C(=O)O. The molecular weight excluding hydrogens is 224 g/mol. The number of carbonyl (C=O) groups is 2. The summed E-state index contributed by atoms with van der Waals surface area (Å²) in [6, 6.07) is -1.62. The summed E-state index contributed by atoms with van der Waals surface area (Å²) in [6.45, 7) is 5.72. The van der Waals surface area contributed by atoms with Gasteiger partial charge in [0.1, 0.15) is 6.04 Å². The standard InChI is InChI=1S/C11H20N2O4/c1-4-8(2)12-11(16)13-9(10(14)15)6-5-7-17-3/h4,8-9H,1,5-7H2,2-3H3,(H,14,15)(H2,12,13,16). The molecule has 0 aromatic heterocycles. The predicted molar refractivity (Wildman–Crippen MR) is 63.9 cm³/mol. The van der Waals surface area contributed by atoms with Crippen molar-refractivity contribution in [3.05, 3.63) is 12.7 Å².